The Bertz CT molecular complexity index is 777. The highest BCUT2D eigenvalue weighted by atomic mass is 32.2. The summed E-state index contributed by atoms with van der Waals surface area (Å²) in [5, 5.41) is 3.23. The first kappa shape index (κ1) is 21.2. The number of hydrogen-bond donors (Lipinski definition) is 1. The third kappa shape index (κ3) is 4.74. The molecule has 1 aromatic carbocycles. The Morgan fingerprint density at radius 1 is 1.21 bits per heavy atom. The smallest absolute Gasteiger partial charge is 0.243 e. The van der Waals surface area contributed by atoms with Gasteiger partial charge in [0.15, 0.2) is 0 Å². The van der Waals surface area contributed by atoms with Crippen molar-refractivity contribution in [2.75, 3.05) is 52.4 Å². The number of likely N-dealkylation sites (tertiary alicyclic amines) is 1. The van der Waals surface area contributed by atoms with Crippen LogP contribution in [0, 0.1) is 6.92 Å². The van der Waals surface area contributed by atoms with E-state index in [1.165, 1.54) is 4.31 Å². The van der Waals surface area contributed by atoms with Gasteiger partial charge in [0.05, 0.1) is 11.4 Å². The molecule has 2 saturated heterocycles. The molecule has 2 heterocycles. The number of benzene rings is 1. The monoisotopic (exact) mass is 408 g/mol. The molecule has 7 nitrogen and oxygen atoms in total. The van der Waals surface area contributed by atoms with Gasteiger partial charge >= 0.3 is 0 Å². The number of nitrogens with one attached hydrogen (secondary N) is 1. The molecular weight excluding hydrogens is 376 g/mol. The zero-order valence-electron chi connectivity index (χ0n) is 16.9. The molecule has 1 atom stereocenters. The molecule has 2 fully saturated rings. The molecule has 1 N–H and O–H groups in total. The molecule has 0 aromatic heterocycles. The van der Waals surface area contributed by atoms with E-state index < -0.39 is 10.0 Å². The summed E-state index contributed by atoms with van der Waals surface area (Å²) in [5.41, 5.74) is 0.709. The summed E-state index contributed by atoms with van der Waals surface area (Å²) >= 11 is 0. The lowest BCUT2D eigenvalue weighted by atomic mass is 10.2. The molecule has 0 spiro atoms. The predicted octanol–water partition coefficient (Wildman–Crippen LogP) is 0.902. The van der Waals surface area contributed by atoms with Gasteiger partial charge < -0.3 is 10.2 Å². The molecule has 0 bridgehead atoms. The van der Waals surface area contributed by atoms with Gasteiger partial charge in [-0.3, -0.25) is 9.69 Å². The fourth-order valence-electron chi connectivity index (χ4n) is 4.15. The lowest BCUT2D eigenvalue weighted by molar-refractivity contribution is -0.132. The number of sulfonamides is 1. The molecule has 8 heteroatoms. The maximum absolute atomic E-state index is 13.5. The largest absolute Gasteiger partial charge is 0.339 e. The number of carbonyl (C=O) groups is 1. The number of amides is 1. The predicted molar refractivity (Wildman–Crippen MR) is 110 cm³/mol. The Labute approximate surface area is 168 Å². The van der Waals surface area contributed by atoms with Gasteiger partial charge in [-0.2, -0.15) is 4.31 Å². The summed E-state index contributed by atoms with van der Waals surface area (Å²) in [4.78, 5) is 17.3. The summed E-state index contributed by atoms with van der Waals surface area (Å²) in [6, 6.07) is 7.18. The van der Waals surface area contributed by atoms with Gasteiger partial charge in [-0.15, -0.1) is 0 Å². The summed E-state index contributed by atoms with van der Waals surface area (Å²) < 4.78 is 28.4. The number of hydrogen-bond acceptors (Lipinski definition) is 5. The van der Waals surface area contributed by atoms with Gasteiger partial charge in [-0.1, -0.05) is 25.1 Å². The summed E-state index contributed by atoms with van der Waals surface area (Å²) in [5.74, 6) is -0.111. The molecule has 28 heavy (non-hydrogen) atoms. The second-order valence-electron chi connectivity index (χ2n) is 7.62. The van der Waals surface area contributed by atoms with Crippen LogP contribution in [0.2, 0.25) is 0 Å². The van der Waals surface area contributed by atoms with E-state index in [2.05, 4.69) is 17.1 Å². The zero-order valence-corrected chi connectivity index (χ0v) is 17.7. The van der Waals surface area contributed by atoms with Crippen LogP contribution in [-0.2, 0) is 14.8 Å². The standard InChI is InChI=1S/C20H32N4O3S/c1-3-22-12-6-8-18(22)15-24(16-20(25)23-13-10-21-11-14-23)28(26,27)19-9-5-4-7-17(19)2/h4-5,7,9,18,21H,3,6,8,10-16H2,1-2H3. The Kier molecular flexibility index (Phi) is 7.09. The van der Waals surface area contributed by atoms with Gasteiger partial charge in [0.2, 0.25) is 15.9 Å². The first-order valence-corrected chi connectivity index (χ1v) is 11.7. The lowest BCUT2D eigenvalue weighted by Crippen LogP contribution is -2.52. The SMILES string of the molecule is CCN1CCCC1CN(CC(=O)N1CCNCC1)S(=O)(=O)c1ccccc1C. The van der Waals surface area contributed by atoms with Crippen LogP contribution in [0.25, 0.3) is 0 Å². The van der Waals surface area contributed by atoms with E-state index >= 15 is 0 Å². The van der Waals surface area contributed by atoms with Crippen molar-refractivity contribution in [3.8, 4) is 0 Å². The van der Waals surface area contributed by atoms with E-state index in [1.807, 2.05) is 6.07 Å². The normalized spacial score (nSPS) is 21.4. The highest BCUT2D eigenvalue weighted by Gasteiger charge is 2.34. The Balaban J connectivity index is 1.85. The molecule has 0 saturated carbocycles. The molecule has 3 rings (SSSR count). The van der Waals surface area contributed by atoms with Crippen LogP contribution in [0.4, 0.5) is 0 Å². The topological polar surface area (TPSA) is 73.0 Å². The van der Waals surface area contributed by atoms with Gasteiger partial charge in [0.1, 0.15) is 0 Å². The van der Waals surface area contributed by atoms with Crippen LogP contribution in [0.1, 0.15) is 25.3 Å². The van der Waals surface area contributed by atoms with Gasteiger partial charge in [-0.05, 0) is 44.5 Å². The Morgan fingerprint density at radius 2 is 1.93 bits per heavy atom. The van der Waals surface area contributed by atoms with Crippen LogP contribution in [0.5, 0.6) is 0 Å². The molecule has 1 aromatic rings. The van der Waals surface area contributed by atoms with E-state index in [-0.39, 0.29) is 18.5 Å². The fourth-order valence-corrected chi connectivity index (χ4v) is 5.80. The van der Waals surface area contributed by atoms with E-state index in [0.717, 1.165) is 39.0 Å². The second kappa shape index (κ2) is 9.35. The van der Waals surface area contributed by atoms with Crippen molar-refractivity contribution < 1.29 is 13.2 Å². The summed E-state index contributed by atoms with van der Waals surface area (Å²) in [6.45, 7) is 8.82. The maximum Gasteiger partial charge on any atom is 0.243 e. The van der Waals surface area contributed by atoms with Crippen molar-refractivity contribution in [2.24, 2.45) is 0 Å². The van der Waals surface area contributed by atoms with Crippen molar-refractivity contribution in [2.45, 2.75) is 37.6 Å². The summed E-state index contributed by atoms with van der Waals surface area (Å²) in [6.07, 6.45) is 2.04. The molecule has 2 aliphatic rings. The third-order valence-corrected chi connectivity index (χ3v) is 7.78. The quantitative estimate of drug-likeness (QED) is 0.726. The molecule has 0 radical (unpaired) electrons. The van der Waals surface area contributed by atoms with E-state index in [4.69, 9.17) is 0 Å². The molecule has 156 valence electrons. The van der Waals surface area contributed by atoms with Gasteiger partial charge in [0, 0.05) is 38.8 Å². The highest BCUT2D eigenvalue weighted by molar-refractivity contribution is 7.89. The van der Waals surface area contributed by atoms with E-state index in [0.29, 0.717) is 30.1 Å². The van der Waals surface area contributed by atoms with E-state index in [9.17, 15) is 13.2 Å². The number of aryl methyl sites for hydroxylation is 1. The maximum atomic E-state index is 13.5. The van der Waals surface area contributed by atoms with Crippen molar-refractivity contribution in [1.82, 2.24) is 19.4 Å². The van der Waals surface area contributed by atoms with E-state index in [1.54, 1.807) is 30.0 Å². The molecular formula is C20H32N4O3S. The van der Waals surface area contributed by atoms with Gasteiger partial charge in [0.25, 0.3) is 0 Å². The molecule has 2 aliphatic heterocycles. The average Bonchev–Trinajstić information content (AvgIpc) is 3.15. The summed E-state index contributed by atoms with van der Waals surface area (Å²) in [7, 11) is -3.74. The van der Waals surface area contributed by atoms with Gasteiger partial charge in [-0.25, -0.2) is 8.42 Å². The third-order valence-electron chi connectivity index (χ3n) is 5.81. The van der Waals surface area contributed by atoms with Crippen molar-refractivity contribution in [3.63, 3.8) is 0 Å². The number of carbonyl (C=O) groups excluding carboxylic acids is 1. The average molecular weight is 409 g/mol. The Morgan fingerprint density at radius 3 is 2.61 bits per heavy atom. The van der Waals surface area contributed by atoms with Crippen LogP contribution < -0.4 is 5.32 Å². The van der Waals surface area contributed by atoms with Crippen molar-refractivity contribution in [3.05, 3.63) is 29.8 Å². The fraction of sp³-hybridized carbons (Fsp3) is 0.650. The minimum atomic E-state index is -3.74. The molecule has 0 aliphatic carbocycles. The number of rotatable bonds is 7. The van der Waals surface area contributed by atoms with Crippen LogP contribution in [0.15, 0.2) is 29.2 Å². The Hall–Kier alpha value is -1.48. The molecule has 1 amide bonds. The van der Waals surface area contributed by atoms with Crippen LogP contribution in [-0.4, -0.2) is 86.8 Å². The first-order chi connectivity index (χ1) is 13.4. The first-order valence-electron chi connectivity index (χ1n) is 10.2. The van der Waals surface area contributed by atoms with Crippen molar-refractivity contribution >= 4 is 15.9 Å². The number of piperazine rings is 1. The van der Waals surface area contributed by atoms with Crippen LogP contribution in [0.3, 0.4) is 0 Å². The number of likely N-dealkylation sites (N-methyl/N-ethyl adjacent to an activating group) is 1. The number of nitrogens with zero attached hydrogens (tertiary/aromatic N) is 3. The lowest BCUT2D eigenvalue weighted by Gasteiger charge is -2.33. The molecule has 1 unspecified atom stereocenters. The zero-order chi connectivity index (χ0) is 20.1. The highest BCUT2D eigenvalue weighted by Crippen LogP contribution is 2.24. The van der Waals surface area contributed by atoms with Crippen molar-refractivity contribution in [1.29, 1.82) is 0 Å². The minimum Gasteiger partial charge on any atom is -0.339 e. The van der Waals surface area contributed by atoms with Crippen LogP contribution >= 0.6 is 0 Å². The second-order valence-corrected chi connectivity index (χ2v) is 9.52. The minimum absolute atomic E-state index is 0.0925.